The van der Waals surface area contributed by atoms with Crippen LogP contribution >= 0.6 is 0 Å². The minimum absolute atomic E-state index is 0.0174. The summed E-state index contributed by atoms with van der Waals surface area (Å²) in [6, 6.07) is 5.47. The van der Waals surface area contributed by atoms with Crippen LogP contribution in [0.2, 0.25) is 0 Å². The van der Waals surface area contributed by atoms with Gasteiger partial charge in [-0.3, -0.25) is 4.90 Å². The molecule has 0 amide bonds. The molecule has 0 aliphatic carbocycles. The number of nitrogens with one attached hydrogen (secondary N) is 1. The maximum Gasteiger partial charge on any atom is 0.416 e. The maximum atomic E-state index is 14.2. The smallest absolute Gasteiger partial charge is 0.361 e. The first kappa shape index (κ1) is 23.5. The highest BCUT2D eigenvalue weighted by atomic mass is 19.4. The molecule has 0 aromatic carbocycles. The third-order valence-corrected chi connectivity index (χ3v) is 6.15. The van der Waals surface area contributed by atoms with Crippen molar-refractivity contribution in [2.75, 3.05) is 36.4 Å². The van der Waals surface area contributed by atoms with E-state index in [4.69, 9.17) is 9.51 Å². The molecule has 1 N–H and O–H groups in total. The first-order valence-electron chi connectivity index (χ1n) is 11.3. The van der Waals surface area contributed by atoms with Crippen molar-refractivity contribution in [1.29, 1.82) is 0 Å². The Hall–Kier alpha value is -3.28. The molecule has 186 valence electrons. The van der Waals surface area contributed by atoms with Crippen LogP contribution in [-0.4, -0.2) is 56.9 Å². The number of nitrogens with zero attached hydrogens (tertiary/aromatic N) is 6. The second kappa shape index (κ2) is 8.74. The van der Waals surface area contributed by atoms with Crippen molar-refractivity contribution in [2.24, 2.45) is 0 Å². The van der Waals surface area contributed by atoms with Crippen LogP contribution in [-0.2, 0) is 12.7 Å². The van der Waals surface area contributed by atoms with Crippen molar-refractivity contribution in [3.63, 3.8) is 0 Å². The molecule has 5 rings (SSSR count). The van der Waals surface area contributed by atoms with Crippen LogP contribution in [0.1, 0.15) is 42.0 Å². The van der Waals surface area contributed by atoms with E-state index in [1.54, 1.807) is 11.0 Å². The number of aryl methyl sites for hydroxylation is 1. The van der Waals surface area contributed by atoms with Crippen molar-refractivity contribution in [3.05, 3.63) is 53.2 Å². The van der Waals surface area contributed by atoms with Crippen LogP contribution in [0.4, 0.5) is 35.1 Å². The molecule has 0 bridgehead atoms. The summed E-state index contributed by atoms with van der Waals surface area (Å²) in [5, 5.41) is 6.93. The number of likely N-dealkylation sites (tertiary alicyclic amines) is 1. The molecule has 2 saturated heterocycles. The molecule has 2 aliphatic heterocycles. The Balaban J connectivity index is 1.38. The number of hydrogen-bond donors (Lipinski definition) is 1. The number of aromatic nitrogens is 4. The molecule has 1 unspecified atom stereocenters. The summed E-state index contributed by atoms with van der Waals surface area (Å²) in [4.78, 5) is 17.1. The van der Waals surface area contributed by atoms with Gasteiger partial charge in [-0.25, -0.2) is 14.4 Å². The molecule has 8 nitrogen and oxygen atoms in total. The first-order chi connectivity index (χ1) is 16.5. The Morgan fingerprint density at radius 3 is 2.66 bits per heavy atom. The van der Waals surface area contributed by atoms with Gasteiger partial charge in [-0.1, -0.05) is 5.16 Å². The van der Waals surface area contributed by atoms with Gasteiger partial charge in [0.25, 0.3) is 0 Å². The first-order valence-corrected chi connectivity index (χ1v) is 11.3. The average Bonchev–Trinajstić information content (AvgIpc) is 3.40. The van der Waals surface area contributed by atoms with E-state index in [1.165, 1.54) is 6.92 Å². The lowest BCUT2D eigenvalue weighted by molar-refractivity contribution is -0.137. The Morgan fingerprint density at radius 2 is 1.97 bits per heavy atom. The highest BCUT2D eigenvalue weighted by Crippen LogP contribution is 2.34. The second-order valence-electron chi connectivity index (χ2n) is 9.45. The van der Waals surface area contributed by atoms with Gasteiger partial charge in [0.05, 0.1) is 30.0 Å². The molecule has 3 aromatic heterocycles. The largest absolute Gasteiger partial charge is 0.416 e. The number of anilines is 3. The summed E-state index contributed by atoms with van der Waals surface area (Å²) in [5.41, 5.74) is -0.534. The van der Waals surface area contributed by atoms with Gasteiger partial charge in [-0.15, -0.1) is 0 Å². The van der Waals surface area contributed by atoms with Gasteiger partial charge in [0.2, 0.25) is 5.95 Å². The van der Waals surface area contributed by atoms with Gasteiger partial charge >= 0.3 is 6.18 Å². The van der Waals surface area contributed by atoms with Crippen LogP contribution in [0.3, 0.4) is 0 Å². The molecular weight excluding hydrogens is 466 g/mol. The van der Waals surface area contributed by atoms with Gasteiger partial charge in [-0.2, -0.15) is 18.2 Å². The van der Waals surface area contributed by atoms with Crippen LogP contribution < -0.4 is 10.2 Å². The maximum absolute atomic E-state index is 14.2. The lowest BCUT2D eigenvalue weighted by Crippen LogP contribution is -2.58. The zero-order chi connectivity index (χ0) is 24.8. The summed E-state index contributed by atoms with van der Waals surface area (Å²) in [6.45, 7) is 5.87. The van der Waals surface area contributed by atoms with Gasteiger partial charge < -0.3 is 14.7 Å². The number of pyridine rings is 1. The molecule has 12 heteroatoms. The standard InChI is InChI=1S/C23H25F4N7O/c1-14-7-17(32-35-14)11-33-6-4-15(10-33)18-9-20(31-21(29-18)34-12-22(2,24)13-34)30-19-8-16(3-5-28-19)23(25,26)27/h3,5,7-9,15H,4,6,10-13H2,1-2H3,(H,28,29,30,31). The summed E-state index contributed by atoms with van der Waals surface area (Å²) in [6.07, 6.45) is -2.55. The highest BCUT2D eigenvalue weighted by molar-refractivity contribution is 5.56. The Morgan fingerprint density at radius 1 is 1.17 bits per heavy atom. The molecule has 2 fully saturated rings. The number of rotatable bonds is 6. The molecule has 2 aliphatic rings. The fourth-order valence-corrected chi connectivity index (χ4v) is 4.50. The zero-order valence-corrected chi connectivity index (χ0v) is 19.3. The van der Waals surface area contributed by atoms with E-state index < -0.39 is 17.4 Å². The Bertz CT molecular complexity index is 1200. The Labute approximate surface area is 199 Å². The summed E-state index contributed by atoms with van der Waals surface area (Å²) in [5.74, 6) is 1.51. The lowest BCUT2D eigenvalue weighted by Gasteiger charge is -2.42. The van der Waals surface area contributed by atoms with Crippen molar-refractivity contribution < 1.29 is 22.1 Å². The fourth-order valence-electron chi connectivity index (χ4n) is 4.50. The Kier molecular flexibility index (Phi) is 5.86. The third kappa shape index (κ3) is 5.37. The molecule has 0 radical (unpaired) electrons. The highest BCUT2D eigenvalue weighted by Gasteiger charge is 2.41. The molecule has 0 saturated carbocycles. The molecule has 0 spiro atoms. The van der Waals surface area contributed by atoms with Crippen molar-refractivity contribution in [3.8, 4) is 0 Å². The van der Waals surface area contributed by atoms with Crippen LogP contribution in [0, 0.1) is 6.92 Å². The van der Waals surface area contributed by atoms with E-state index in [0.29, 0.717) is 18.3 Å². The summed E-state index contributed by atoms with van der Waals surface area (Å²) < 4.78 is 58.7. The minimum Gasteiger partial charge on any atom is -0.361 e. The van der Waals surface area contributed by atoms with E-state index in [2.05, 4.69) is 25.3 Å². The molecular formula is C23H25F4N7O. The molecule has 35 heavy (non-hydrogen) atoms. The lowest BCUT2D eigenvalue weighted by atomic mass is 10.00. The predicted molar refractivity (Wildman–Crippen MR) is 120 cm³/mol. The van der Waals surface area contributed by atoms with E-state index in [0.717, 1.165) is 55.0 Å². The van der Waals surface area contributed by atoms with Crippen LogP contribution in [0.25, 0.3) is 0 Å². The van der Waals surface area contributed by atoms with Gasteiger partial charge in [-0.05, 0) is 38.9 Å². The monoisotopic (exact) mass is 491 g/mol. The van der Waals surface area contributed by atoms with Crippen LogP contribution in [0.15, 0.2) is 35.0 Å². The summed E-state index contributed by atoms with van der Waals surface area (Å²) >= 11 is 0. The van der Waals surface area contributed by atoms with Crippen LogP contribution in [0.5, 0.6) is 0 Å². The fraction of sp³-hybridized carbons (Fsp3) is 0.478. The normalized spacial score (nSPS) is 20.2. The molecule has 1 atom stereocenters. The van der Waals surface area contributed by atoms with Gasteiger partial charge in [0.15, 0.2) is 0 Å². The number of alkyl halides is 4. The van der Waals surface area contributed by atoms with E-state index in [1.807, 2.05) is 13.0 Å². The topological polar surface area (TPSA) is 83.2 Å². The minimum atomic E-state index is -4.49. The summed E-state index contributed by atoms with van der Waals surface area (Å²) in [7, 11) is 0. The van der Waals surface area contributed by atoms with E-state index >= 15 is 0 Å². The quantitative estimate of drug-likeness (QED) is 0.506. The van der Waals surface area contributed by atoms with Gasteiger partial charge in [0, 0.05) is 37.3 Å². The third-order valence-electron chi connectivity index (χ3n) is 6.15. The van der Waals surface area contributed by atoms with E-state index in [-0.39, 0.29) is 24.8 Å². The van der Waals surface area contributed by atoms with Gasteiger partial charge in [0.1, 0.15) is 23.1 Å². The molecule has 3 aromatic rings. The average molecular weight is 491 g/mol. The van der Waals surface area contributed by atoms with Crippen molar-refractivity contribution in [2.45, 2.75) is 44.6 Å². The number of hydrogen-bond acceptors (Lipinski definition) is 8. The zero-order valence-electron chi connectivity index (χ0n) is 19.3. The molecule has 5 heterocycles. The van der Waals surface area contributed by atoms with Crippen molar-refractivity contribution in [1.82, 2.24) is 25.0 Å². The van der Waals surface area contributed by atoms with E-state index in [9.17, 15) is 17.6 Å². The second-order valence-corrected chi connectivity index (χ2v) is 9.45. The predicted octanol–water partition coefficient (Wildman–Crippen LogP) is 4.47. The van der Waals surface area contributed by atoms with Crippen molar-refractivity contribution >= 4 is 17.6 Å². The number of halogens is 4. The SMILES string of the molecule is Cc1cc(CN2CCC(c3cc(Nc4cc(C(F)(F)F)ccn4)nc(N4CC(C)(F)C4)n3)C2)no1.